The number of carbonyl (C=O) groups is 2. The minimum atomic E-state index is -0.631. The van der Waals surface area contributed by atoms with Crippen LogP contribution in [0.25, 0.3) is 0 Å². The summed E-state index contributed by atoms with van der Waals surface area (Å²) < 4.78 is 10.8. The van der Waals surface area contributed by atoms with Gasteiger partial charge >= 0.3 is 12.1 Å². The molecule has 0 aliphatic rings. The van der Waals surface area contributed by atoms with Gasteiger partial charge in [0.2, 0.25) is 0 Å². The summed E-state index contributed by atoms with van der Waals surface area (Å²) >= 11 is 0. The second-order valence-corrected chi connectivity index (χ2v) is 9.11. The van der Waals surface area contributed by atoms with Crippen molar-refractivity contribution in [1.29, 1.82) is 0 Å². The Labute approximate surface area is 167 Å². The Bertz CT molecular complexity index is 689. The van der Waals surface area contributed by atoms with Gasteiger partial charge in [0.1, 0.15) is 17.0 Å². The number of benzene rings is 1. The number of phenols is 1. The zero-order chi connectivity index (χ0) is 21.7. The highest BCUT2D eigenvalue weighted by Gasteiger charge is 2.27. The predicted octanol–water partition coefficient (Wildman–Crippen LogP) is 3.78. The number of hydrogen-bond donors (Lipinski definition) is 3. The number of anilines is 1. The van der Waals surface area contributed by atoms with Crippen LogP contribution in [0.4, 0.5) is 10.5 Å². The highest BCUT2D eigenvalue weighted by atomic mass is 16.6. The van der Waals surface area contributed by atoms with Crippen LogP contribution in [0.1, 0.15) is 60.5 Å². The van der Waals surface area contributed by atoms with Crippen LogP contribution in [0.3, 0.4) is 0 Å². The van der Waals surface area contributed by atoms with Crippen LogP contribution in [0.2, 0.25) is 0 Å². The minimum absolute atomic E-state index is 0.00234. The van der Waals surface area contributed by atoms with E-state index in [2.05, 4.69) is 5.32 Å². The van der Waals surface area contributed by atoms with Gasteiger partial charge in [-0.25, -0.2) is 4.79 Å². The summed E-state index contributed by atoms with van der Waals surface area (Å²) in [5, 5.41) is 12.4. The van der Waals surface area contributed by atoms with Crippen LogP contribution in [0.15, 0.2) is 18.2 Å². The van der Waals surface area contributed by atoms with Crippen molar-refractivity contribution in [3.05, 3.63) is 23.8 Å². The minimum Gasteiger partial charge on any atom is -0.506 e. The van der Waals surface area contributed by atoms with E-state index in [1.807, 2.05) is 20.8 Å². The van der Waals surface area contributed by atoms with Gasteiger partial charge in [0.25, 0.3) is 0 Å². The molecule has 1 unspecified atom stereocenters. The smallest absolute Gasteiger partial charge is 0.407 e. The van der Waals surface area contributed by atoms with Crippen molar-refractivity contribution in [1.82, 2.24) is 5.32 Å². The van der Waals surface area contributed by atoms with Gasteiger partial charge in [-0.15, -0.1) is 0 Å². The van der Waals surface area contributed by atoms with Gasteiger partial charge < -0.3 is 25.6 Å². The quantitative estimate of drug-likeness (QED) is 0.385. The van der Waals surface area contributed by atoms with Gasteiger partial charge in [0.05, 0.1) is 11.6 Å². The molecular weight excluding hydrogens is 360 g/mol. The summed E-state index contributed by atoms with van der Waals surface area (Å²) in [6.45, 7) is 12.6. The Morgan fingerprint density at radius 1 is 1.11 bits per heavy atom. The third-order valence-corrected chi connectivity index (χ3v) is 3.74. The molecule has 0 bridgehead atoms. The molecule has 4 N–H and O–H groups in total. The summed E-state index contributed by atoms with van der Waals surface area (Å²) in [5.41, 5.74) is 5.64. The van der Waals surface area contributed by atoms with Gasteiger partial charge in [0.15, 0.2) is 0 Å². The second kappa shape index (κ2) is 9.17. The highest BCUT2D eigenvalue weighted by molar-refractivity contribution is 5.73. The normalized spacial score (nSPS) is 14.1. The van der Waals surface area contributed by atoms with Gasteiger partial charge in [-0.05, 0) is 72.1 Å². The SMILES string of the molecule is CC(C[C@H](Cc1ccc(O)c(N)c1)NC(=O)OC(C)(C)C)C(=O)OC(C)(C)C. The van der Waals surface area contributed by atoms with Crippen molar-refractivity contribution in [3.8, 4) is 5.75 Å². The number of phenolic OH excluding ortho intramolecular Hbond substituents is 1. The third kappa shape index (κ3) is 8.97. The van der Waals surface area contributed by atoms with Crippen LogP contribution < -0.4 is 11.1 Å². The highest BCUT2D eigenvalue weighted by Crippen LogP contribution is 2.23. The molecule has 0 aliphatic carbocycles. The van der Waals surface area contributed by atoms with E-state index in [4.69, 9.17) is 15.2 Å². The lowest BCUT2D eigenvalue weighted by molar-refractivity contribution is -0.159. The molecule has 0 radical (unpaired) electrons. The molecule has 1 aromatic rings. The summed E-state index contributed by atoms with van der Waals surface area (Å²) in [7, 11) is 0. The first kappa shape index (κ1) is 23.6. The number of hydrogen-bond acceptors (Lipinski definition) is 6. The van der Waals surface area contributed by atoms with E-state index in [1.54, 1.807) is 39.8 Å². The summed E-state index contributed by atoms with van der Waals surface area (Å²) in [6, 6.07) is 4.51. The number of nitrogens with two attached hydrogens (primary N) is 1. The molecule has 0 aliphatic heterocycles. The summed E-state index contributed by atoms with van der Waals surface area (Å²) in [5.74, 6) is -0.746. The molecule has 2 atom stereocenters. The maximum absolute atomic E-state index is 12.3. The van der Waals surface area contributed by atoms with Crippen LogP contribution in [-0.4, -0.2) is 34.4 Å². The van der Waals surface area contributed by atoms with Crippen molar-refractivity contribution in [3.63, 3.8) is 0 Å². The van der Waals surface area contributed by atoms with E-state index < -0.39 is 23.2 Å². The van der Waals surface area contributed by atoms with Crippen LogP contribution in [0, 0.1) is 5.92 Å². The average molecular weight is 395 g/mol. The van der Waals surface area contributed by atoms with E-state index in [9.17, 15) is 14.7 Å². The van der Waals surface area contributed by atoms with Gasteiger partial charge in [-0.1, -0.05) is 13.0 Å². The molecular formula is C21H34N2O5. The Kier molecular flexibility index (Phi) is 7.73. The van der Waals surface area contributed by atoms with Crippen molar-refractivity contribution in [2.45, 2.75) is 78.6 Å². The predicted molar refractivity (Wildman–Crippen MR) is 109 cm³/mol. The summed E-state index contributed by atoms with van der Waals surface area (Å²) in [4.78, 5) is 24.6. The first-order chi connectivity index (χ1) is 12.7. The molecule has 0 spiro atoms. The number of nitrogens with one attached hydrogen (secondary N) is 1. The van der Waals surface area contributed by atoms with Crippen molar-refractivity contribution < 1.29 is 24.2 Å². The number of alkyl carbamates (subject to hydrolysis) is 1. The lowest BCUT2D eigenvalue weighted by Crippen LogP contribution is -2.42. The Morgan fingerprint density at radius 3 is 2.18 bits per heavy atom. The van der Waals surface area contributed by atoms with Gasteiger partial charge in [0, 0.05) is 6.04 Å². The maximum Gasteiger partial charge on any atom is 0.407 e. The average Bonchev–Trinajstić information content (AvgIpc) is 2.47. The van der Waals surface area contributed by atoms with Crippen molar-refractivity contribution >= 4 is 17.7 Å². The summed E-state index contributed by atoms with van der Waals surface area (Å²) in [6.07, 6.45) is 0.242. The number of aromatic hydroxyl groups is 1. The fourth-order valence-electron chi connectivity index (χ4n) is 2.61. The fourth-order valence-corrected chi connectivity index (χ4v) is 2.61. The molecule has 1 amide bonds. The van der Waals surface area contributed by atoms with Gasteiger partial charge in [-0.3, -0.25) is 4.79 Å². The molecule has 158 valence electrons. The number of ether oxygens (including phenoxy) is 2. The van der Waals surface area contributed by atoms with E-state index in [0.29, 0.717) is 12.8 Å². The maximum atomic E-state index is 12.3. The molecule has 7 nitrogen and oxygen atoms in total. The molecule has 0 fully saturated rings. The number of nitrogen functional groups attached to an aromatic ring is 1. The molecule has 1 rings (SSSR count). The molecule has 0 aromatic heterocycles. The molecule has 28 heavy (non-hydrogen) atoms. The zero-order valence-electron chi connectivity index (χ0n) is 18.0. The number of carbonyl (C=O) groups excluding carboxylic acids is 2. The van der Waals surface area contributed by atoms with Gasteiger partial charge in [-0.2, -0.15) is 0 Å². The van der Waals surface area contributed by atoms with Crippen LogP contribution in [-0.2, 0) is 20.7 Å². The Morgan fingerprint density at radius 2 is 1.68 bits per heavy atom. The lowest BCUT2D eigenvalue weighted by atomic mass is 9.95. The Balaban J connectivity index is 2.91. The lowest BCUT2D eigenvalue weighted by Gasteiger charge is -2.27. The van der Waals surface area contributed by atoms with Crippen molar-refractivity contribution in [2.75, 3.05) is 5.73 Å². The van der Waals surface area contributed by atoms with E-state index in [0.717, 1.165) is 5.56 Å². The molecule has 0 saturated heterocycles. The second-order valence-electron chi connectivity index (χ2n) is 9.11. The topological polar surface area (TPSA) is 111 Å². The third-order valence-electron chi connectivity index (χ3n) is 3.74. The molecule has 0 heterocycles. The Hall–Kier alpha value is -2.44. The number of esters is 1. The largest absolute Gasteiger partial charge is 0.506 e. The molecule has 7 heteroatoms. The zero-order valence-corrected chi connectivity index (χ0v) is 18.0. The van der Waals surface area contributed by atoms with E-state index in [1.165, 1.54) is 6.07 Å². The number of amides is 1. The van der Waals surface area contributed by atoms with Crippen LogP contribution in [0.5, 0.6) is 5.75 Å². The van der Waals surface area contributed by atoms with E-state index >= 15 is 0 Å². The first-order valence-corrected chi connectivity index (χ1v) is 9.46. The monoisotopic (exact) mass is 394 g/mol. The number of rotatable bonds is 6. The van der Waals surface area contributed by atoms with E-state index in [-0.39, 0.29) is 23.4 Å². The molecule has 0 saturated carbocycles. The van der Waals surface area contributed by atoms with Crippen molar-refractivity contribution in [2.24, 2.45) is 5.92 Å². The fraction of sp³-hybridized carbons (Fsp3) is 0.619. The molecule has 1 aromatic carbocycles. The standard InChI is InChI=1S/C21H34N2O5/c1-13(18(25)27-20(2,3)4)10-15(23-19(26)28-21(5,6)7)11-14-8-9-17(24)16(22)12-14/h8-9,12-13,15,24H,10-11,22H2,1-7H3,(H,23,26)/t13?,15-/m1/s1. The van der Waals surface area contributed by atoms with Crippen LogP contribution >= 0.6 is 0 Å². The first-order valence-electron chi connectivity index (χ1n) is 9.46.